The summed E-state index contributed by atoms with van der Waals surface area (Å²) in [6.45, 7) is 0.0208. The first-order chi connectivity index (χ1) is 11.7. The van der Waals surface area contributed by atoms with Gasteiger partial charge in [0.25, 0.3) is 5.91 Å². The highest BCUT2D eigenvalue weighted by Gasteiger charge is 2.15. The van der Waals surface area contributed by atoms with Gasteiger partial charge in [0.2, 0.25) is 0 Å². The summed E-state index contributed by atoms with van der Waals surface area (Å²) in [5.41, 5.74) is 0.787. The Bertz CT molecular complexity index is 878. The second-order valence-electron chi connectivity index (χ2n) is 5.10. The van der Waals surface area contributed by atoms with Crippen molar-refractivity contribution in [2.45, 2.75) is 6.10 Å². The van der Waals surface area contributed by atoms with Crippen LogP contribution in [-0.4, -0.2) is 17.6 Å². The summed E-state index contributed by atoms with van der Waals surface area (Å²) in [6, 6.07) is 15.7. The van der Waals surface area contributed by atoms with E-state index in [1.807, 2.05) is 23.6 Å². The molecule has 2 N–H and O–H groups in total. The topological polar surface area (TPSA) is 86.3 Å². The molecule has 24 heavy (non-hydrogen) atoms. The van der Waals surface area contributed by atoms with Crippen LogP contribution in [0.3, 0.4) is 0 Å². The maximum absolute atomic E-state index is 12.1. The molecular weight excluding hydrogens is 324 g/mol. The number of rotatable bonds is 5. The van der Waals surface area contributed by atoms with Crippen molar-refractivity contribution in [3.05, 3.63) is 70.8 Å². The maximum atomic E-state index is 12.1. The number of hydrogen-bond acceptors (Lipinski definition) is 5. The highest BCUT2D eigenvalue weighted by Crippen LogP contribution is 2.28. The fraction of sp³-hybridized carbons (Fsp3) is 0.111. The van der Waals surface area contributed by atoms with E-state index in [-0.39, 0.29) is 12.5 Å². The number of aliphatic hydroxyl groups is 1. The smallest absolute Gasteiger partial charge is 0.251 e. The SMILES string of the molecule is N#Cc1cccc(C(=O)NCC(O)c2ccc(-c3cccs3)o2)c1. The van der Waals surface area contributed by atoms with Crippen LogP contribution in [0.25, 0.3) is 10.6 Å². The molecule has 0 saturated carbocycles. The van der Waals surface area contributed by atoms with Crippen molar-refractivity contribution in [1.29, 1.82) is 5.26 Å². The molecule has 120 valence electrons. The van der Waals surface area contributed by atoms with E-state index in [0.717, 1.165) is 4.88 Å². The number of nitriles is 1. The zero-order valence-corrected chi connectivity index (χ0v) is 13.4. The summed E-state index contributed by atoms with van der Waals surface area (Å²) in [4.78, 5) is 13.1. The largest absolute Gasteiger partial charge is 0.457 e. The summed E-state index contributed by atoms with van der Waals surface area (Å²) in [5.74, 6) is 0.729. The quantitative estimate of drug-likeness (QED) is 0.747. The van der Waals surface area contributed by atoms with Crippen LogP contribution in [0.15, 0.2) is 58.3 Å². The summed E-state index contributed by atoms with van der Waals surface area (Å²) in [5, 5.41) is 23.6. The van der Waals surface area contributed by atoms with Gasteiger partial charge in [0.15, 0.2) is 0 Å². The lowest BCUT2D eigenvalue weighted by atomic mass is 10.1. The second kappa shape index (κ2) is 7.13. The average molecular weight is 338 g/mol. The third kappa shape index (κ3) is 3.54. The van der Waals surface area contributed by atoms with Gasteiger partial charge < -0.3 is 14.8 Å². The molecule has 0 aliphatic carbocycles. The third-order valence-corrected chi connectivity index (χ3v) is 4.31. The Morgan fingerprint density at radius 2 is 2.17 bits per heavy atom. The summed E-state index contributed by atoms with van der Waals surface area (Å²) in [6.07, 6.45) is -0.943. The van der Waals surface area contributed by atoms with E-state index in [4.69, 9.17) is 9.68 Å². The molecule has 2 heterocycles. The number of benzene rings is 1. The fourth-order valence-electron chi connectivity index (χ4n) is 2.21. The van der Waals surface area contributed by atoms with Crippen molar-refractivity contribution in [1.82, 2.24) is 5.32 Å². The molecule has 5 nitrogen and oxygen atoms in total. The number of furan rings is 1. The fourth-order valence-corrected chi connectivity index (χ4v) is 2.89. The van der Waals surface area contributed by atoms with Crippen LogP contribution in [0.1, 0.15) is 27.8 Å². The van der Waals surface area contributed by atoms with E-state index in [0.29, 0.717) is 22.6 Å². The van der Waals surface area contributed by atoms with Crippen molar-refractivity contribution >= 4 is 17.2 Å². The minimum Gasteiger partial charge on any atom is -0.457 e. The molecule has 3 aromatic rings. The van der Waals surface area contributed by atoms with Gasteiger partial charge in [-0.05, 0) is 41.8 Å². The normalized spacial score (nSPS) is 11.7. The lowest BCUT2D eigenvalue weighted by Gasteiger charge is -2.10. The molecule has 1 unspecified atom stereocenters. The van der Waals surface area contributed by atoms with Gasteiger partial charge in [0, 0.05) is 5.56 Å². The zero-order chi connectivity index (χ0) is 16.9. The van der Waals surface area contributed by atoms with E-state index in [1.165, 1.54) is 6.07 Å². The number of nitrogens with zero attached hydrogens (tertiary/aromatic N) is 1. The van der Waals surface area contributed by atoms with Crippen LogP contribution in [-0.2, 0) is 0 Å². The van der Waals surface area contributed by atoms with Crippen molar-refractivity contribution in [3.63, 3.8) is 0 Å². The Labute approximate surface area is 142 Å². The van der Waals surface area contributed by atoms with E-state index in [2.05, 4.69) is 5.32 Å². The molecule has 1 atom stereocenters. The van der Waals surface area contributed by atoms with Crippen LogP contribution in [0.5, 0.6) is 0 Å². The number of carbonyl (C=O) groups excluding carboxylic acids is 1. The number of carbonyl (C=O) groups is 1. The molecule has 0 bridgehead atoms. The van der Waals surface area contributed by atoms with Crippen LogP contribution >= 0.6 is 11.3 Å². The van der Waals surface area contributed by atoms with Gasteiger partial charge >= 0.3 is 0 Å². The minimum atomic E-state index is -0.943. The number of nitrogens with one attached hydrogen (secondary N) is 1. The Kier molecular flexibility index (Phi) is 4.75. The summed E-state index contributed by atoms with van der Waals surface area (Å²) >= 11 is 1.55. The second-order valence-corrected chi connectivity index (χ2v) is 6.05. The van der Waals surface area contributed by atoms with Gasteiger partial charge in [-0.3, -0.25) is 4.79 Å². The highest BCUT2D eigenvalue weighted by atomic mass is 32.1. The molecule has 0 aliphatic heterocycles. The zero-order valence-electron chi connectivity index (χ0n) is 12.6. The number of hydrogen-bond donors (Lipinski definition) is 2. The first-order valence-corrected chi connectivity index (χ1v) is 8.15. The van der Waals surface area contributed by atoms with Gasteiger partial charge in [-0.1, -0.05) is 12.1 Å². The number of thiophene rings is 1. The van der Waals surface area contributed by atoms with Gasteiger partial charge in [-0.2, -0.15) is 5.26 Å². The van der Waals surface area contributed by atoms with Crippen LogP contribution in [0.4, 0.5) is 0 Å². The Hall–Kier alpha value is -2.88. The van der Waals surface area contributed by atoms with Crippen molar-refractivity contribution in [2.75, 3.05) is 6.54 Å². The van der Waals surface area contributed by atoms with E-state index in [1.54, 1.807) is 41.7 Å². The Morgan fingerprint density at radius 3 is 2.92 bits per heavy atom. The molecule has 1 amide bonds. The molecule has 6 heteroatoms. The van der Waals surface area contributed by atoms with Gasteiger partial charge in [0.05, 0.1) is 23.1 Å². The summed E-state index contributed by atoms with van der Waals surface area (Å²) < 4.78 is 5.63. The molecule has 0 radical (unpaired) electrons. The molecule has 0 aliphatic rings. The van der Waals surface area contributed by atoms with Gasteiger partial charge in [-0.25, -0.2) is 0 Å². The predicted molar refractivity (Wildman–Crippen MR) is 90.5 cm³/mol. The Balaban J connectivity index is 1.62. The number of amides is 1. The maximum Gasteiger partial charge on any atom is 0.251 e. The predicted octanol–water partition coefficient (Wildman–Crippen LogP) is 3.34. The van der Waals surface area contributed by atoms with E-state index < -0.39 is 6.10 Å². The van der Waals surface area contributed by atoms with Gasteiger partial charge in [0.1, 0.15) is 17.6 Å². The standard InChI is InChI=1S/C18H14N2O3S/c19-10-12-3-1-4-13(9-12)18(22)20-11-14(21)15-6-7-16(23-15)17-5-2-8-24-17/h1-9,14,21H,11H2,(H,20,22). The van der Waals surface area contributed by atoms with Crippen LogP contribution in [0, 0.1) is 11.3 Å². The molecular formula is C18H14N2O3S. The first-order valence-electron chi connectivity index (χ1n) is 7.27. The lowest BCUT2D eigenvalue weighted by molar-refractivity contribution is 0.0902. The number of aliphatic hydroxyl groups excluding tert-OH is 1. The van der Waals surface area contributed by atoms with Gasteiger partial charge in [-0.15, -0.1) is 11.3 Å². The van der Waals surface area contributed by atoms with Crippen LogP contribution in [0.2, 0.25) is 0 Å². The van der Waals surface area contributed by atoms with E-state index >= 15 is 0 Å². The molecule has 0 saturated heterocycles. The van der Waals surface area contributed by atoms with Crippen LogP contribution < -0.4 is 5.32 Å². The monoisotopic (exact) mass is 338 g/mol. The molecule has 1 aromatic carbocycles. The third-order valence-electron chi connectivity index (χ3n) is 3.43. The molecule has 0 spiro atoms. The molecule has 0 fully saturated rings. The lowest BCUT2D eigenvalue weighted by Crippen LogP contribution is -2.28. The summed E-state index contributed by atoms with van der Waals surface area (Å²) in [7, 11) is 0. The van der Waals surface area contributed by atoms with Crippen molar-refractivity contribution in [3.8, 4) is 16.7 Å². The van der Waals surface area contributed by atoms with Crippen molar-refractivity contribution in [2.24, 2.45) is 0 Å². The first kappa shape index (κ1) is 16.0. The molecule has 2 aromatic heterocycles. The van der Waals surface area contributed by atoms with E-state index in [9.17, 15) is 9.90 Å². The Morgan fingerprint density at radius 1 is 1.29 bits per heavy atom. The highest BCUT2D eigenvalue weighted by molar-refractivity contribution is 7.13. The minimum absolute atomic E-state index is 0.0208. The van der Waals surface area contributed by atoms with Crippen molar-refractivity contribution < 1.29 is 14.3 Å². The average Bonchev–Trinajstić information content (AvgIpc) is 3.30. The molecule has 3 rings (SSSR count).